The number of hydrogen-bond donors (Lipinski definition) is 2. The van der Waals surface area contributed by atoms with Crippen molar-refractivity contribution in [3.63, 3.8) is 0 Å². The predicted octanol–water partition coefficient (Wildman–Crippen LogP) is -0.0223. The van der Waals surface area contributed by atoms with Gasteiger partial charge in [0.05, 0.1) is 12.0 Å². The van der Waals surface area contributed by atoms with Gasteiger partial charge >= 0.3 is 13.1 Å². The van der Waals surface area contributed by atoms with Crippen LogP contribution in [-0.4, -0.2) is 43.0 Å². The number of carbonyl (C=O) groups excluding carboxylic acids is 1. The van der Waals surface area contributed by atoms with Crippen molar-refractivity contribution in [1.82, 2.24) is 0 Å². The molecular formula is C14H19BO5. The van der Waals surface area contributed by atoms with Gasteiger partial charge in [-0.3, -0.25) is 4.79 Å². The van der Waals surface area contributed by atoms with Crippen LogP contribution in [0.1, 0.15) is 25.3 Å². The van der Waals surface area contributed by atoms with Crippen LogP contribution < -0.4 is 5.46 Å². The van der Waals surface area contributed by atoms with E-state index in [2.05, 4.69) is 0 Å². The van der Waals surface area contributed by atoms with Gasteiger partial charge < -0.3 is 19.5 Å². The fraction of sp³-hybridized carbons (Fsp3) is 0.500. The van der Waals surface area contributed by atoms with Crippen LogP contribution in [0.5, 0.6) is 0 Å². The van der Waals surface area contributed by atoms with Gasteiger partial charge in [-0.05, 0) is 30.8 Å². The Labute approximate surface area is 118 Å². The monoisotopic (exact) mass is 278 g/mol. The molecule has 108 valence electrons. The molecule has 0 bridgehead atoms. The molecule has 1 aliphatic heterocycles. The Balaban J connectivity index is 2.33. The summed E-state index contributed by atoms with van der Waals surface area (Å²) >= 11 is 0. The predicted molar refractivity (Wildman–Crippen MR) is 74.6 cm³/mol. The second kappa shape index (κ2) is 6.39. The Bertz CT molecular complexity index is 451. The maximum atomic E-state index is 12.4. The fourth-order valence-corrected chi connectivity index (χ4v) is 2.57. The summed E-state index contributed by atoms with van der Waals surface area (Å²) in [4.78, 5) is 12.4. The van der Waals surface area contributed by atoms with Crippen LogP contribution in [0.2, 0.25) is 0 Å². The molecule has 0 atom stereocenters. The fourth-order valence-electron chi connectivity index (χ4n) is 2.57. The van der Waals surface area contributed by atoms with E-state index in [4.69, 9.17) is 19.5 Å². The molecule has 0 amide bonds. The summed E-state index contributed by atoms with van der Waals surface area (Å²) in [6, 6.07) is 6.76. The average Bonchev–Trinajstić information content (AvgIpc) is 2.48. The molecule has 1 fully saturated rings. The highest BCUT2D eigenvalue weighted by Crippen LogP contribution is 2.35. The van der Waals surface area contributed by atoms with Crippen LogP contribution in [0.3, 0.4) is 0 Å². The Morgan fingerprint density at radius 2 is 1.90 bits per heavy atom. The van der Waals surface area contributed by atoms with Crippen molar-refractivity contribution in [1.29, 1.82) is 0 Å². The normalized spacial score (nSPS) is 17.6. The SMILES string of the molecule is CCOC(=O)C1(c2ccc(B(O)O)cc2)CCOCC1. The third kappa shape index (κ3) is 2.87. The van der Waals surface area contributed by atoms with E-state index < -0.39 is 12.5 Å². The lowest BCUT2D eigenvalue weighted by molar-refractivity contribution is -0.154. The zero-order valence-electron chi connectivity index (χ0n) is 11.5. The molecule has 20 heavy (non-hydrogen) atoms. The number of hydrogen-bond acceptors (Lipinski definition) is 5. The van der Waals surface area contributed by atoms with Crippen molar-refractivity contribution in [2.24, 2.45) is 0 Å². The van der Waals surface area contributed by atoms with Gasteiger partial charge in [-0.25, -0.2) is 0 Å². The first-order valence-electron chi connectivity index (χ1n) is 6.81. The molecule has 1 aliphatic rings. The van der Waals surface area contributed by atoms with Gasteiger partial charge in [0.25, 0.3) is 0 Å². The maximum Gasteiger partial charge on any atom is 0.488 e. The van der Waals surface area contributed by atoms with Gasteiger partial charge in [0, 0.05) is 13.2 Å². The molecule has 5 nitrogen and oxygen atoms in total. The summed E-state index contributed by atoms with van der Waals surface area (Å²) in [7, 11) is -1.50. The molecule has 0 unspecified atom stereocenters. The molecule has 1 heterocycles. The highest BCUT2D eigenvalue weighted by atomic mass is 16.5. The number of rotatable bonds is 4. The van der Waals surface area contributed by atoms with Crippen LogP contribution in [-0.2, 0) is 19.7 Å². The first-order valence-corrected chi connectivity index (χ1v) is 6.81. The number of benzene rings is 1. The van der Waals surface area contributed by atoms with Crippen LogP contribution in [0.15, 0.2) is 24.3 Å². The summed E-state index contributed by atoms with van der Waals surface area (Å²) in [6.45, 7) is 3.16. The van der Waals surface area contributed by atoms with Crippen molar-refractivity contribution >= 4 is 18.6 Å². The third-order valence-corrected chi connectivity index (χ3v) is 3.77. The maximum absolute atomic E-state index is 12.4. The summed E-state index contributed by atoms with van der Waals surface area (Å²) < 4.78 is 10.6. The van der Waals surface area contributed by atoms with Crippen LogP contribution >= 0.6 is 0 Å². The standard InChI is InChI=1S/C14H19BO5/c1-2-20-13(16)14(7-9-19-10-8-14)11-3-5-12(6-4-11)15(17)18/h3-6,17-18H,2,7-10H2,1H3. The molecular weight excluding hydrogens is 259 g/mol. The highest BCUT2D eigenvalue weighted by Gasteiger charge is 2.43. The largest absolute Gasteiger partial charge is 0.488 e. The van der Waals surface area contributed by atoms with Gasteiger partial charge in [0.1, 0.15) is 0 Å². The molecule has 0 radical (unpaired) electrons. The first-order chi connectivity index (χ1) is 9.60. The smallest absolute Gasteiger partial charge is 0.465 e. The van der Waals surface area contributed by atoms with Gasteiger partial charge in [0.15, 0.2) is 0 Å². The Morgan fingerprint density at radius 1 is 1.30 bits per heavy atom. The quantitative estimate of drug-likeness (QED) is 0.598. The van der Waals surface area contributed by atoms with Crippen molar-refractivity contribution < 1.29 is 24.3 Å². The lowest BCUT2D eigenvalue weighted by atomic mass is 9.72. The van der Waals surface area contributed by atoms with E-state index >= 15 is 0 Å². The number of carbonyl (C=O) groups is 1. The Hall–Kier alpha value is -1.37. The Morgan fingerprint density at radius 3 is 2.40 bits per heavy atom. The van der Waals surface area contributed by atoms with E-state index in [9.17, 15) is 4.79 Å². The minimum Gasteiger partial charge on any atom is -0.465 e. The van der Waals surface area contributed by atoms with E-state index in [1.807, 2.05) is 0 Å². The second-order valence-electron chi connectivity index (χ2n) is 4.91. The molecule has 0 aromatic heterocycles. The Kier molecular flexibility index (Phi) is 4.80. The molecule has 0 spiro atoms. The van der Waals surface area contributed by atoms with E-state index in [-0.39, 0.29) is 5.97 Å². The summed E-state index contributed by atoms with van der Waals surface area (Å²) in [5.74, 6) is -0.236. The number of ether oxygens (including phenoxy) is 2. The zero-order chi connectivity index (χ0) is 14.6. The van der Waals surface area contributed by atoms with Crippen LogP contribution in [0, 0.1) is 0 Å². The molecule has 2 rings (SSSR count). The molecule has 6 heteroatoms. The average molecular weight is 278 g/mol. The summed E-state index contributed by atoms with van der Waals surface area (Å²) in [5.41, 5.74) is 0.552. The van der Waals surface area contributed by atoms with Crippen molar-refractivity contribution in [2.45, 2.75) is 25.2 Å². The molecule has 1 aromatic carbocycles. The molecule has 0 aliphatic carbocycles. The molecule has 2 N–H and O–H groups in total. The lowest BCUT2D eigenvalue weighted by Gasteiger charge is -2.35. The third-order valence-electron chi connectivity index (χ3n) is 3.77. The van der Waals surface area contributed by atoms with Crippen LogP contribution in [0.4, 0.5) is 0 Å². The number of esters is 1. The summed E-state index contributed by atoms with van der Waals surface area (Å²) in [6.07, 6.45) is 1.15. The van der Waals surface area contributed by atoms with Gasteiger partial charge in [0.2, 0.25) is 0 Å². The van der Waals surface area contributed by atoms with Crippen LogP contribution in [0.25, 0.3) is 0 Å². The zero-order valence-corrected chi connectivity index (χ0v) is 11.5. The molecule has 0 saturated carbocycles. The van der Waals surface area contributed by atoms with Gasteiger partial charge in [-0.15, -0.1) is 0 Å². The van der Waals surface area contributed by atoms with Gasteiger partial charge in [-0.1, -0.05) is 24.3 Å². The lowest BCUT2D eigenvalue weighted by Crippen LogP contribution is -2.43. The van der Waals surface area contributed by atoms with E-state index in [0.717, 1.165) is 5.56 Å². The van der Waals surface area contributed by atoms with E-state index in [1.165, 1.54) is 0 Å². The second-order valence-corrected chi connectivity index (χ2v) is 4.91. The van der Waals surface area contributed by atoms with E-state index in [0.29, 0.717) is 38.1 Å². The minimum absolute atomic E-state index is 0.236. The van der Waals surface area contributed by atoms with Crippen molar-refractivity contribution in [3.05, 3.63) is 29.8 Å². The topological polar surface area (TPSA) is 76.0 Å². The molecule has 1 saturated heterocycles. The van der Waals surface area contributed by atoms with E-state index in [1.54, 1.807) is 31.2 Å². The van der Waals surface area contributed by atoms with Crippen molar-refractivity contribution in [3.8, 4) is 0 Å². The van der Waals surface area contributed by atoms with Gasteiger partial charge in [-0.2, -0.15) is 0 Å². The highest BCUT2D eigenvalue weighted by molar-refractivity contribution is 6.58. The first kappa shape index (κ1) is 15.0. The van der Waals surface area contributed by atoms with Crippen molar-refractivity contribution in [2.75, 3.05) is 19.8 Å². The minimum atomic E-state index is -1.50. The molecule has 1 aromatic rings. The summed E-state index contributed by atoms with van der Waals surface area (Å²) in [5, 5.41) is 18.3.